The molecule has 2 aromatic carbocycles. The minimum absolute atomic E-state index is 0.0634. The Morgan fingerprint density at radius 2 is 1.84 bits per heavy atom. The van der Waals surface area contributed by atoms with Crippen LogP contribution in [0, 0.1) is 23.2 Å². The van der Waals surface area contributed by atoms with Crippen LogP contribution in [-0.4, -0.2) is 113 Å². The third kappa shape index (κ3) is 7.20. The van der Waals surface area contributed by atoms with Gasteiger partial charge in [-0.1, -0.05) is 71.4 Å². The summed E-state index contributed by atoms with van der Waals surface area (Å²) in [6.45, 7) is 15.1. The number of aromatic nitrogens is 1. The van der Waals surface area contributed by atoms with Crippen molar-refractivity contribution in [2.24, 2.45) is 28.9 Å². The van der Waals surface area contributed by atoms with Crippen LogP contribution in [0.5, 0.6) is 5.75 Å². The fraction of sp³-hybridized carbons (Fsp3) is 0.654. The van der Waals surface area contributed by atoms with Gasteiger partial charge in [-0.15, -0.1) is 0 Å². The van der Waals surface area contributed by atoms with Crippen LogP contribution in [-0.2, 0) is 31.6 Å². The summed E-state index contributed by atoms with van der Waals surface area (Å²) in [5.74, 6) is -0.462. The predicted molar refractivity (Wildman–Crippen MR) is 252 cm³/mol. The Morgan fingerprint density at radius 1 is 1.08 bits per heavy atom. The highest BCUT2D eigenvalue weighted by atomic mass is 16.5. The number of methoxy groups -OCH3 is 1. The van der Waals surface area contributed by atoms with E-state index in [2.05, 4.69) is 96.3 Å². The zero-order valence-corrected chi connectivity index (χ0v) is 39.6. The van der Waals surface area contributed by atoms with Gasteiger partial charge in [0, 0.05) is 83.4 Å². The predicted octanol–water partition coefficient (Wildman–Crippen LogP) is 6.25. The number of aliphatic hydroxyl groups is 3. The monoisotopic (exact) mass is 882 g/mol. The van der Waals surface area contributed by atoms with Crippen molar-refractivity contribution in [1.29, 1.82) is 0 Å². The summed E-state index contributed by atoms with van der Waals surface area (Å²) in [6.07, 6.45) is 10.0. The molecule has 2 fully saturated rings. The molecule has 4 bridgehead atoms. The molecule has 5 aliphatic rings. The molecular formula is C52H75N5O7. The van der Waals surface area contributed by atoms with Gasteiger partial charge in [0.25, 0.3) is 5.91 Å². The van der Waals surface area contributed by atoms with Crippen molar-refractivity contribution in [3.05, 3.63) is 70.9 Å². The highest BCUT2D eigenvalue weighted by Gasteiger charge is 2.74. The number of hydrogen-bond acceptors (Lipinski definition) is 10. The molecule has 3 aromatic rings. The second-order valence-electron chi connectivity index (χ2n) is 20.9. The van der Waals surface area contributed by atoms with Crippen LogP contribution < -0.4 is 20.7 Å². The molecule has 350 valence electrons. The molecule has 2 aliphatic carbocycles. The summed E-state index contributed by atoms with van der Waals surface area (Å²) in [4.78, 5) is 35.9. The number of carbonyl (C=O) groups excluding carboxylic acids is 2. The Labute approximate surface area is 380 Å². The maximum Gasteiger partial charge on any atom is 0.323 e. The lowest BCUT2D eigenvalue weighted by atomic mass is 9.44. The molecule has 7 unspecified atom stereocenters. The number of fused-ring (bicyclic) bond motifs is 7. The lowest BCUT2D eigenvalue weighted by Crippen LogP contribution is -2.79. The molecule has 1 aromatic heterocycles. The number of nitrogens with one attached hydrogen (secondary N) is 2. The third-order valence-corrected chi connectivity index (χ3v) is 17.1. The molecule has 0 radical (unpaired) electrons. The molecule has 4 heterocycles. The molecular weight excluding hydrogens is 807 g/mol. The van der Waals surface area contributed by atoms with E-state index in [1.54, 1.807) is 7.11 Å². The largest absolute Gasteiger partial charge is 0.496 e. The fourth-order valence-electron chi connectivity index (χ4n) is 13.6. The number of ether oxygens (including phenoxy) is 2. The van der Waals surface area contributed by atoms with E-state index in [1.165, 1.54) is 16.6 Å². The van der Waals surface area contributed by atoms with Gasteiger partial charge in [0.1, 0.15) is 17.9 Å². The highest BCUT2D eigenvalue weighted by molar-refractivity contribution is 5.90. The normalized spacial score (nSPS) is 35.6. The van der Waals surface area contributed by atoms with Crippen molar-refractivity contribution in [3.8, 4) is 5.75 Å². The van der Waals surface area contributed by atoms with Crippen molar-refractivity contribution in [2.45, 2.75) is 146 Å². The number of rotatable bonds is 11. The minimum Gasteiger partial charge on any atom is -0.496 e. The first kappa shape index (κ1) is 46.6. The number of hydrogen-bond donors (Lipinski definition) is 6. The number of piperidine rings is 1. The summed E-state index contributed by atoms with van der Waals surface area (Å²) in [6, 6.07) is 11.5. The Morgan fingerprint density at radius 3 is 2.56 bits per heavy atom. The number of H-pyrrole nitrogens is 1. The smallest absolute Gasteiger partial charge is 0.323 e. The number of esters is 1. The number of allylic oxidation sites excluding steroid dienone is 1. The van der Waals surface area contributed by atoms with Crippen molar-refractivity contribution >= 4 is 28.5 Å². The van der Waals surface area contributed by atoms with Gasteiger partial charge >= 0.3 is 5.97 Å². The fourth-order valence-corrected chi connectivity index (χ4v) is 13.6. The van der Waals surface area contributed by atoms with Gasteiger partial charge in [-0.25, -0.2) is 0 Å². The van der Waals surface area contributed by atoms with Crippen LogP contribution in [0.25, 0.3) is 10.9 Å². The van der Waals surface area contributed by atoms with E-state index in [4.69, 9.17) is 15.2 Å². The minimum atomic E-state index is -2.24. The van der Waals surface area contributed by atoms with Gasteiger partial charge in [0.05, 0.1) is 25.4 Å². The number of para-hydroxylation sites is 1. The summed E-state index contributed by atoms with van der Waals surface area (Å²) in [5.41, 5.74) is 7.22. The van der Waals surface area contributed by atoms with Crippen LogP contribution in [0.15, 0.2) is 48.6 Å². The van der Waals surface area contributed by atoms with Crippen LogP contribution in [0.1, 0.15) is 122 Å². The summed E-state index contributed by atoms with van der Waals surface area (Å²) in [5, 5.41) is 42.5. The second-order valence-corrected chi connectivity index (χ2v) is 20.9. The van der Waals surface area contributed by atoms with Crippen LogP contribution in [0.2, 0.25) is 0 Å². The van der Waals surface area contributed by atoms with E-state index in [9.17, 15) is 24.9 Å². The average Bonchev–Trinajstić information content (AvgIpc) is 3.80. The zero-order valence-electron chi connectivity index (χ0n) is 39.6. The van der Waals surface area contributed by atoms with Gasteiger partial charge in [0.2, 0.25) is 0 Å². The standard InChI is InChI=1S/C52H75N5O7/c1-9-49(61)29-34-28-48(6,43-36(20-24-57(30-34)31-49)35-18-13-14-19-39(35)55-43)38-26-37-40(27-41(38)63-8)56(7)45-51(37)22-16-12-11-15-21-50(10-2,33(51)5)46(59)52(45,62)47(60)54-23-17-25-64-44(58)42(53)32(3)4/h13-15,18-19,21,26-27,32-34,42,45-46,55,59,61-62H,9-12,16-17,20,22-25,28-31,53H2,1-8H3,(H,54,60)/b21-15-/t33?,34?,42?,45?,46-,48-,49?,50-,51?,52+/m1/s1. The van der Waals surface area contributed by atoms with Gasteiger partial charge in [0.15, 0.2) is 5.60 Å². The number of nitrogens with two attached hydrogens (primary N) is 1. The first-order valence-electron chi connectivity index (χ1n) is 24.2. The molecule has 12 nitrogen and oxygen atoms in total. The number of anilines is 1. The molecule has 1 saturated heterocycles. The van der Waals surface area contributed by atoms with E-state index in [-0.39, 0.29) is 30.9 Å². The molecule has 7 N–H and O–H groups in total. The van der Waals surface area contributed by atoms with E-state index in [1.807, 2.05) is 20.9 Å². The number of nitrogens with zero attached hydrogens (tertiary/aromatic N) is 2. The Hall–Kier alpha value is -3.94. The zero-order chi connectivity index (χ0) is 46.0. The van der Waals surface area contributed by atoms with E-state index in [0.29, 0.717) is 38.6 Å². The van der Waals surface area contributed by atoms with Crippen LogP contribution in [0.3, 0.4) is 0 Å². The molecule has 1 saturated carbocycles. The molecule has 1 spiro atoms. The molecule has 1 amide bonds. The Bertz CT molecular complexity index is 2260. The van der Waals surface area contributed by atoms with Gasteiger partial charge in [-0.3, -0.25) is 14.5 Å². The Kier molecular flexibility index (Phi) is 12.6. The number of likely N-dealkylation sites (N-methyl/N-ethyl adjacent to an activating group) is 1. The van der Waals surface area contributed by atoms with Crippen molar-refractivity contribution < 1.29 is 34.4 Å². The van der Waals surface area contributed by atoms with E-state index >= 15 is 0 Å². The second kappa shape index (κ2) is 17.4. The van der Waals surface area contributed by atoms with Gasteiger partial charge in [-0.05, 0) is 106 Å². The Balaban J connectivity index is 1.28. The highest BCUT2D eigenvalue weighted by Crippen LogP contribution is 2.67. The number of aliphatic hydroxyl groups excluding tert-OH is 1. The van der Waals surface area contributed by atoms with Gasteiger partial charge < -0.3 is 45.7 Å². The lowest BCUT2D eigenvalue weighted by Gasteiger charge is -2.63. The number of benzene rings is 2. The molecule has 3 aliphatic heterocycles. The first-order chi connectivity index (χ1) is 30.5. The van der Waals surface area contributed by atoms with E-state index in [0.717, 1.165) is 73.3 Å². The van der Waals surface area contributed by atoms with Crippen LogP contribution >= 0.6 is 0 Å². The molecule has 12 heteroatoms. The maximum absolute atomic E-state index is 15.0. The maximum atomic E-state index is 15.0. The van der Waals surface area contributed by atoms with Crippen LogP contribution in [0.4, 0.5) is 5.69 Å². The summed E-state index contributed by atoms with van der Waals surface area (Å²) >= 11 is 0. The average molecular weight is 882 g/mol. The third-order valence-electron chi connectivity index (χ3n) is 17.1. The number of aromatic amines is 1. The first-order valence-corrected chi connectivity index (χ1v) is 24.2. The van der Waals surface area contributed by atoms with Gasteiger partial charge in [-0.2, -0.15) is 0 Å². The molecule has 64 heavy (non-hydrogen) atoms. The van der Waals surface area contributed by atoms with Crippen molar-refractivity contribution in [1.82, 2.24) is 15.2 Å². The lowest BCUT2D eigenvalue weighted by molar-refractivity contribution is -0.206. The molecule has 11 atom stereocenters. The summed E-state index contributed by atoms with van der Waals surface area (Å²) in [7, 11) is 3.68. The number of amides is 1. The van der Waals surface area contributed by atoms with E-state index < -0.39 is 57.5 Å². The quantitative estimate of drug-likeness (QED) is 0.0735. The molecule has 8 rings (SSSR count). The number of carbonyl (C=O) groups is 2. The summed E-state index contributed by atoms with van der Waals surface area (Å²) < 4.78 is 11.9. The SMILES string of the molecule is CCC1(O)CC2CN(CCc3c([nH]c4ccccc34)[C@@](C)(c3cc4c(cc3OC)N(C)C3C45CCCC/C=C\[C@](CC)(C5C)[C@@H](O)[C@]3(O)C(=O)NCCCOC(=O)C(N)C(C)C)C2)C1. The topological polar surface area (TPSA) is 174 Å². The van der Waals surface area contributed by atoms with Crippen molar-refractivity contribution in [2.75, 3.05) is 51.8 Å². The van der Waals surface area contributed by atoms with Crippen molar-refractivity contribution in [3.63, 3.8) is 0 Å².